The maximum absolute atomic E-state index is 13.6. The maximum atomic E-state index is 13.6. The number of carbonyl (C=O) groups is 1. The van der Waals surface area contributed by atoms with Crippen molar-refractivity contribution in [2.75, 3.05) is 56.8 Å². The zero-order chi connectivity index (χ0) is 24.4. The average molecular weight is 511 g/mol. The van der Waals surface area contributed by atoms with E-state index in [4.69, 9.17) is 14.5 Å². The number of ether oxygens (including phenoxy) is 2. The number of thioether (sulfide) groups is 2. The van der Waals surface area contributed by atoms with Gasteiger partial charge in [0.1, 0.15) is 10.7 Å². The lowest BCUT2D eigenvalue weighted by Gasteiger charge is -2.28. The van der Waals surface area contributed by atoms with Gasteiger partial charge in [0, 0.05) is 43.3 Å². The molecule has 35 heavy (non-hydrogen) atoms. The third-order valence-electron chi connectivity index (χ3n) is 6.28. The van der Waals surface area contributed by atoms with Gasteiger partial charge in [0.25, 0.3) is 5.91 Å². The fraction of sp³-hybridized carbons (Fsp3) is 0.385. The molecule has 0 aliphatic carbocycles. The Morgan fingerprint density at radius 2 is 1.86 bits per heavy atom. The second-order valence-corrected chi connectivity index (χ2v) is 10.6. The van der Waals surface area contributed by atoms with E-state index in [-0.39, 0.29) is 5.91 Å². The van der Waals surface area contributed by atoms with Gasteiger partial charge in [-0.1, -0.05) is 25.1 Å². The molecule has 0 atom stereocenters. The lowest BCUT2D eigenvalue weighted by atomic mass is 10.2. The summed E-state index contributed by atoms with van der Waals surface area (Å²) in [7, 11) is 3.67. The Kier molecular flexibility index (Phi) is 7.27. The van der Waals surface area contributed by atoms with Crippen molar-refractivity contribution in [1.82, 2.24) is 4.90 Å². The van der Waals surface area contributed by atoms with Crippen molar-refractivity contribution in [2.24, 2.45) is 4.99 Å². The number of carbonyl (C=O) groups excluding carboxylic acids is 1. The molecule has 2 aromatic carbocycles. The van der Waals surface area contributed by atoms with Gasteiger partial charge in [-0.25, -0.2) is 4.99 Å². The van der Waals surface area contributed by atoms with E-state index in [1.165, 1.54) is 17.4 Å². The van der Waals surface area contributed by atoms with Crippen LogP contribution in [0.3, 0.4) is 0 Å². The largest absolute Gasteiger partial charge is 0.497 e. The summed E-state index contributed by atoms with van der Waals surface area (Å²) < 4.78 is 10.9. The van der Waals surface area contributed by atoms with Crippen molar-refractivity contribution >= 4 is 51.7 Å². The van der Waals surface area contributed by atoms with Crippen molar-refractivity contribution in [1.29, 1.82) is 0 Å². The summed E-state index contributed by atoms with van der Waals surface area (Å²) in [6.07, 6.45) is 1.95. The van der Waals surface area contributed by atoms with E-state index >= 15 is 0 Å². The number of rotatable bonds is 6. The molecular formula is C26H30N4O3S2. The number of unbranched alkanes of at least 4 members (excludes halogenated alkanes) is 1. The van der Waals surface area contributed by atoms with Crippen LogP contribution in [0.25, 0.3) is 0 Å². The highest BCUT2D eigenvalue weighted by atomic mass is 32.2. The molecule has 0 saturated carbocycles. The van der Waals surface area contributed by atoms with Gasteiger partial charge in [-0.15, -0.1) is 0 Å². The number of anilines is 2. The summed E-state index contributed by atoms with van der Waals surface area (Å²) in [5.41, 5.74) is 3.08. The Morgan fingerprint density at radius 3 is 2.57 bits per heavy atom. The number of fused-ring (bicyclic) bond motifs is 1. The quantitative estimate of drug-likeness (QED) is 0.489. The maximum Gasteiger partial charge on any atom is 0.269 e. The molecule has 2 fully saturated rings. The number of morpholine rings is 1. The zero-order valence-corrected chi connectivity index (χ0v) is 22.0. The molecule has 0 unspecified atom stereocenters. The van der Waals surface area contributed by atoms with Gasteiger partial charge in [-0.3, -0.25) is 9.69 Å². The third kappa shape index (κ3) is 4.90. The van der Waals surface area contributed by atoms with Crippen LogP contribution >= 0.6 is 23.5 Å². The van der Waals surface area contributed by atoms with E-state index < -0.39 is 0 Å². The fourth-order valence-corrected chi connectivity index (χ4v) is 6.60. The Morgan fingerprint density at radius 1 is 1.09 bits per heavy atom. The minimum absolute atomic E-state index is 0.0289. The average Bonchev–Trinajstić information content (AvgIpc) is 3.38. The molecule has 2 aromatic rings. The standard InChI is InChI=1S/C26H30N4O3S2/c1-4-5-12-30-24(31)23(25-28(2)21-17-20(32-3)10-11-22(21)34-25)35-26(30)27-18-6-8-19(9-7-18)29-13-15-33-16-14-29/h6-11,17H,4-5,12-16H2,1-3H3/b25-23-,27-26?. The predicted molar refractivity (Wildman–Crippen MR) is 145 cm³/mol. The van der Waals surface area contributed by atoms with Gasteiger partial charge in [-0.05, 0) is 54.6 Å². The molecule has 2 saturated heterocycles. The van der Waals surface area contributed by atoms with Gasteiger partial charge in [0.05, 0.1) is 36.7 Å². The number of hydrogen-bond acceptors (Lipinski definition) is 8. The first-order valence-electron chi connectivity index (χ1n) is 11.9. The molecular weight excluding hydrogens is 480 g/mol. The first-order valence-corrected chi connectivity index (χ1v) is 13.6. The van der Waals surface area contributed by atoms with Crippen molar-refractivity contribution < 1.29 is 14.3 Å². The second kappa shape index (κ2) is 10.6. The highest BCUT2D eigenvalue weighted by molar-refractivity contribution is 8.19. The lowest BCUT2D eigenvalue weighted by Crippen LogP contribution is -2.36. The first kappa shape index (κ1) is 24.1. The topological polar surface area (TPSA) is 57.6 Å². The van der Waals surface area contributed by atoms with E-state index in [9.17, 15) is 4.79 Å². The Labute approximate surface area is 215 Å². The first-order chi connectivity index (χ1) is 17.1. The molecule has 3 heterocycles. The molecule has 0 radical (unpaired) electrons. The molecule has 3 aliphatic rings. The van der Waals surface area contributed by atoms with Crippen LogP contribution in [0.1, 0.15) is 19.8 Å². The van der Waals surface area contributed by atoms with Crippen LogP contribution < -0.4 is 14.5 Å². The summed E-state index contributed by atoms with van der Waals surface area (Å²) in [5, 5.41) is 1.69. The van der Waals surface area contributed by atoms with Gasteiger partial charge < -0.3 is 19.3 Å². The number of aliphatic imine (C=N–C) groups is 1. The summed E-state index contributed by atoms with van der Waals surface area (Å²) >= 11 is 3.10. The Balaban J connectivity index is 1.43. The zero-order valence-electron chi connectivity index (χ0n) is 20.3. The molecule has 7 nitrogen and oxygen atoms in total. The van der Waals surface area contributed by atoms with E-state index in [1.807, 2.05) is 42.3 Å². The number of hydrogen-bond donors (Lipinski definition) is 0. The minimum atomic E-state index is 0.0289. The molecule has 0 N–H and O–H groups in total. The highest BCUT2D eigenvalue weighted by Crippen LogP contribution is 2.51. The van der Waals surface area contributed by atoms with Crippen molar-refractivity contribution in [3.05, 3.63) is 52.4 Å². The molecule has 5 rings (SSSR count). The third-order valence-corrected chi connectivity index (χ3v) is 8.71. The summed E-state index contributed by atoms with van der Waals surface area (Å²) in [6, 6.07) is 14.3. The molecule has 3 aliphatic heterocycles. The SMILES string of the molecule is CCCCN1C(=O)/C(=C2/Sc3ccc(OC)cc3N2C)SC1=Nc1ccc(N2CCOCC2)cc1. The van der Waals surface area contributed by atoms with Gasteiger partial charge in [-0.2, -0.15) is 0 Å². The van der Waals surface area contributed by atoms with Crippen LogP contribution in [0.15, 0.2) is 62.3 Å². The molecule has 0 spiro atoms. The van der Waals surface area contributed by atoms with E-state index in [1.54, 1.807) is 18.9 Å². The van der Waals surface area contributed by atoms with Crippen LogP contribution in [0.2, 0.25) is 0 Å². The van der Waals surface area contributed by atoms with Gasteiger partial charge in [0.2, 0.25) is 0 Å². The van der Waals surface area contributed by atoms with Crippen LogP contribution in [0.4, 0.5) is 17.1 Å². The lowest BCUT2D eigenvalue weighted by molar-refractivity contribution is -0.122. The van der Waals surface area contributed by atoms with E-state index in [0.717, 1.165) is 76.3 Å². The number of amides is 1. The molecule has 184 valence electrons. The van der Waals surface area contributed by atoms with Crippen molar-refractivity contribution in [3.63, 3.8) is 0 Å². The normalized spacial score (nSPS) is 21.3. The monoisotopic (exact) mass is 510 g/mol. The summed E-state index contributed by atoms with van der Waals surface area (Å²) in [6.45, 7) is 6.13. The second-order valence-electron chi connectivity index (χ2n) is 8.55. The smallest absolute Gasteiger partial charge is 0.269 e. The number of amidine groups is 1. The Bertz CT molecular complexity index is 1160. The number of nitrogens with zero attached hydrogens (tertiary/aromatic N) is 4. The van der Waals surface area contributed by atoms with Gasteiger partial charge in [0.15, 0.2) is 5.17 Å². The molecule has 1 amide bonds. The number of benzene rings is 2. The number of methoxy groups -OCH3 is 1. The minimum Gasteiger partial charge on any atom is -0.497 e. The highest BCUT2D eigenvalue weighted by Gasteiger charge is 2.39. The predicted octanol–water partition coefficient (Wildman–Crippen LogP) is 5.31. The van der Waals surface area contributed by atoms with Crippen LogP contribution in [0.5, 0.6) is 5.75 Å². The van der Waals surface area contributed by atoms with Gasteiger partial charge >= 0.3 is 0 Å². The summed E-state index contributed by atoms with van der Waals surface area (Å²) in [4.78, 5) is 26.6. The summed E-state index contributed by atoms with van der Waals surface area (Å²) in [5.74, 6) is 0.835. The van der Waals surface area contributed by atoms with Crippen molar-refractivity contribution in [3.8, 4) is 5.75 Å². The molecule has 0 bridgehead atoms. The van der Waals surface area contributed by atoms with Crippen LogP contribution in [-0.4, -0.2) is 63.0 Å². The van der Waals surface area contributed by atoms with Crippen molar-refractivity contribution in [2.45, 2.75) is 24.7 Å². The molecule has 0 aromatic heterocycles. The Hall–Kier alpha value is -2.62. The molecule has 9 heteroatoms. The van der Waals surface area contributed by atoms with Crippen LogP contribution in [0, 0.1) is 0 Å². The van der Waals surface area contributed by atoms with Crippen LogP contribution in [-0.2, 0) is 9.53 Å². The fourth-order valence-electron chi connectivity index (χ4n) is 4.25. The van der Waals surface area contributed by atoms with E-state index in [2.05, 4.69) is 28.9 Å². The van der Waals surface area contributed by atoms with E-state index in [0.29, 0.717) is 6.54 Å².